The number of nitrogens with one attached hydrogen (secondary N) is 1. The number of aromatic nitrogens is 2. The van der Waals surface area contributed by atoms with Crippen LogP contribution in [0.15, 0.2) is 60.7 Å². The second kappa shape index (κ2) is 7.90. The van der Waals surface area contributed by atoms with Crippen molar-refractivity contribution in [1.82, 2.24) is 9.97 Å². The van der Waals surface area contributed by atoms with Gasteiger partial charge >= 0.3 is 0 Å². The van der Waals surface area contributed by atoms with Gasteiger partial charge in [-0.2, -0.15) is 0 Å². The van der Waals surface area contributed by atoms with E-state index in [9.17, 15) is 4.79 Å². The summed E-state index contributed by atoms with van der Waals surface area (Å²) in [6.45, 7) is 0. The molecule has 1 heterocycles. The lowest BCUT2D eigenvalue weighted by atomic mass is 10.0. The number of anilines is 1. The summed E-state index contributed by atoms with van der Waals surface area (Å²) in [5.74, 6) is 0.633. The van der Waals surface area contributed by atoms with E-state index in [1.54, 1.807) is 24.3 Å². The SMILES string of the molecule is CN(C)c1cccc(CC(=O)c2ccc3nc(-c4c(Cl)cccc4Cl)[nH]c3c2)c1. The molecule has 0 aliphatic heterocycles. The predicted molar refractivity (Wildman–Crippen MR) is 120 cm³/mol. The Morgan fingerprint density at radius 1 is 1.00 bits per heavy atom. The highest BCUT2D eigenvalue weighted by Crippen LogP contribution is 2.34. The average molecular weight is 424 g/mol. The van der Waals surface area contributed by atoms with Crippen LogP contribution < -0.4 is 4.90 Å². The van der Waals surface area contributed by atoms with E-state index in [0.717, 1.165) is 22.3 Å². The molecular weight excluding hydrogens is 405 g/mol. The molecule has 0 unspecified atom stereocenters. The van der Waals surface area contributed by atoms with Crippen molar-refractivity contribution in [2.45, 2.75) is 6.42 Å². The van der Waals surface area contributed by atoms with Gasteiger partial charge in [0.25, 0.3) is 0 Å². The van der Waals surface area contributed by atoms with Crippen LogP contribution >= 0.6 is 23.2 Å². The van der Waals surface area contributed by atoms with Crippen molar-refractivity contribution >= 4 is 45.7 Å². The monoisotopic (exact) mass is 423 g/mol. The first kappa shape index (κ1) is 19.5. The van der Waals surface area contributed by atoms with Crippen LogP contribution in [0.1, 0.15) is 15.9 Å². The van der Waals surface area contributed by atoms with Gasteiger partial charge in [0, 0.05) is 31.8 Å². The van der Waals surface area contributed by atoms with E-state index in [4.69, 9.17) is 23.2 Å². The molecule has 4 aromatic rings. The fourth-order valence-corrected chi connectivity index (χ4v) is 3.83. The predicted octanol–water partition coefficient (Wildman–Crippen LogP) is 6.03. The van der Waals surface area contributed by atoms with Crippen molar-refractivity contribution in [3.8, 4) is 11.4 Å². The zero-order valence-electron chi connectivity index (χ0n) is 16.0. The summed E-state index contributed by atoms with van der Waals surface area (Å²) in [4.78, 5) is 22.7. The third-order valence-electron chi connectivity index (χ3n) is 4.80. The van der Waals surface area contributed by atoms with E-state index in [1.807, 2.05) is 55.4 Å². The Balaban J connectivity index is 1.64. The standard InChI is InChI=1S/C23H19Cl2N3O/c1-28(2)16-6-3-5-14(11-16)12-21(29)15-9-10-19-20(13-15)27-23(26-19)22-17(24)7-4-8-18(22)25/h3-11,13H,12H2,1-2H3,(H,26,27). The first-order valence-electron chi connectivity index (χ1n) is 9.16. The molecule has 4 nitrogen and oxygen atoms in total. The second-order valence-corrected chi connectivity index (χ2v) is 7.89. The number of halogens is 2. The molecule has 0 radical (unpaired) electrons. The summed E-state index contributed by atoms with van der Waals surface area (Å²) in [5, 5.41) is 1.04. The van der Waals surface area contributed by atoms with Gasteiger partial charge in [0.2, 0.25) is 0 Å². The summed E-state index contributed by atoms with van der Waals surface area (Å²) in [6, 6.07) is 18.8. The summed E-state index contributed by atoms with van der Waals surface area (Å²) in [5.41, 5.74) is 4.86. The minimum absolute atomic E-state index is 0.0507. The number of ketones is 1. The Morgan fingerprint density at radius 2 is 1.72 bits per heavy atom. The number of rotatable bonds is 5. The molecule has 1 N–H and O–H groups in total. The number of carbonyl (C=O) groups excluding carboxylic acids is 1. The molecule has 0 aliphatic carbocycles. The number of imidazole rings is 1. The molecule has 3 aromatic carbocycles. The number of carbonyl (C=O) groups is 1. The third-order valence-corrected chi connectivity index (χ3v) is 5.43. The molecule has 0 amide bonds. The number of hydrogen-bond donors (Lipinski definition) is 1. The Hall–Kier alpha value is -2.82. The highest BCUT2D eigenvalue weighted by molar-refractivity contribution is 6.39. The number of aromatic amines is 1. The Morgan fingerprint density at radius 3 is 2.45 bits per heavy atom. The van der Waals surface area contributed by atoms with Crippen LogP contribution in [0.4, 0.5) is 5.69 Å². The maximum atomic E-state index is 12.8. The molecule has 0 fully saturated rings. The number of nitrogens with zero attached hydrogens (tertiary/aromatic N) is 2. The van der Waals surface area contributed by atoms with Crippen molar-refractivity contribution < 1.29 is 4.79 Å². The van der Waals surface area contributed by atoms with E-state index in [1.165, 1.54) is 0 Å². The van der Waals surface area contributed by atoms with Crippen molar-refractivity contribution in [1.29, 1.82) is 0 Å². The minimum atomic E-state index is 0.0507. The molecule has 0 atom stereocenters. The topological polar surface area (TPSA) is 49.0 Å². The van der Waals surface area contributed by atoms with Gasteiger partial charge in [0.05, 0.1) is 26.6 Å². The maximum absolute atomic E-state index is 12.8. The Labute approximate surface area is 179 Å². The lowest BCUT2D eigenvalue weighted by Gasteiger charge is -2.13. The maximum Gasteiger partial charge on any atom is 0.167 e. The lowest BCUT2D eigenvalue weighted by Crippen LogP contribution is -2.09. The number of hydrogen-bond acceptors (Lipinski definition) is 3. The minimum Gasteiger partial charge on any atom is -0.378 e. The molecule has 4 rings (SSSR count). The van der Waals surface area contributed by atoms with Crippen LogP contribution in [0.25, 0.3) is 22.4 Å². The summed E-state index contributed by atoms with van der Waals surface area (Å²) >= 11 is 12.6. The van der Waals surface area contributed by atoms with Gasteiger partial charge in [-0.3, -0.25) is 4.79 Å². The smallest absolute Gasteiger partial charge is 0.167 e. The normalized spacial score (nSPS) is 11.0. The number of H-pyrrole nitrogens is 1. The molecule has 6 heteroatoms. The molecule has 0 bridgehead atoms. The van der Waals surface area contributed by atoms with Gasteiger partial charge in [-0.25, -0.2) is 4.98 Å². The van der Waals surface area contributed by atoms with Gasteiger partial charge in [-0.15, -0.1) is 0 Å². The quantitative estimate of drug-likeness (QED) is 0.398. The van der Waals surface area contributed by atoms with E-state index in [-0.39, 0.29) is 5.78 Å². The van der Waals surface area contributed by atoms with E-state index in [2.05, 4.69) is 9.97 Å². The van der Waals surface area contributed by atoms with Gasteiger partial charge in [0.15, 0.2) is 5.78 Å². The van der Waals surface area contributed by atoms with Gasteiger partial charge in [-0.1, -0.05) is 41.4 Å². The highest BCUT2D eigenvalue weighted by atomic mass is 35.5. The first-order valence-corrected chi connectivity index (χ1v) is 9.91. The first-order chi connectivity index (χ1) is 13.9. The van der Waals surface area contributed by atoms with Crippen LogP contribution in [-0.4, -0.2) is 29.8 Å². The van der Waals surface area contributed by atoms with Crippen molar-refractivity contribution in [2.24, 2.45) is 0 Å². The number of fused-ring (bicyclic) bond motifs is 1. The fourth-order valence-electron chi connectivity index (χ4n) is 3.26. The van der Waals surface area contributed by atoms with Crippen LogP contribution in [0.2, 0.25) is 10.0 Å². The Bertz CT molecular complexity index is 1190. The number of Topliss-reactive ketones (excluding diaryl/α,β-unsaturated/α-hetero) is 1. The average Bonchev–Trinajstić information content (AvgIpc) is 3.10. The van der Waals surface area contributed by atoms with Crippen LogP contribution in [0.5, 0.6) is 0 Å². The zero-order valence-corrected chi connectivity index (χ0v) is 17.6. The summed E-state index contributed by atoms with van der Waals surface area (Å²) in [7, 11) is 3.96. The van der Waals surface area contributed by atoms with Crippen molar-refractivity contribution in [3.63, 3.8) is 0 Å². The molecule has 0 saturated carbocycles. The van der Waals surface area contributed by atoms with Crippen molar-refractivity contribution in [2.75, 3.05) is 19.0 Å². The molecule has 146 valence electrons. The number of benzene rings is 3. The van der Waals surface area contributed by atoms with E-state index < -0.39 is 0 Å². The van der Waals surface area contributed by atoms with Gasteiger partial charge in [-0.05, 0) is 48.0 Å². The molecular formula is C23H19Cl2N3O. The van der Waals surface area contributed by atoms with Crippen LogP contribution in [-0.2, 0) is 6.42 Å². The van der Waals surface area contributed by atoms with E-state index in [0.29, 0.717) is 33.4 Å². The van der Waals surface area contributed by atoms with Crippen molar-refractivity contribution in [3.05, 3.63) is 81.8 Å². The summed E-state index contributed by atoms with van der Waals surface area (Å²) < 4.78 is 0. The molecule has 0 aliphatic rings. The largest absolute Gasteiger partial charge is 0.378 e. The Kier molecular flexibility index (Phi) is 5.31. The zero-order chi connectivity index (χ0) is 20.5. The van der Waals surface area contributed by atoms with Gasteiger partial charge in [0.1, 0.15) is 5.82 Å². The van der Waals surface area contributed by atoms with Crippen LogP contribution in [0.3, 0.4) is 0 Å². The summed E-state index contributed by atoms with van der Waals surface area (Å²) in [6.07, 6.45) is 0.338. The third kappa shape index (κ3) is 4.00. The second-order valence-electron chi connectivity index (χ2n) is 7.08. The molecule has 29 heavy (non-hydrogen) atoms. The van der Waals surface area contributed by atoms with Gasteiger partial charge < -0.3 is 9.88 Å². The highest BCUT2D eigenvalue weighted by Gasteiger charge is 2.15. The molecule has 0 saturated heterocycles. The lowest BCUT2D eigenvalue weighted by molar-refractivity contribution is 0.0993. The fraction of sp³-hybridized carbons (Fsp3) is 0.130. The van der Waals surface area contributed by atoms with E-state index >= 15 is 0 Å². The molecule has 1 aromatic heterocycles. The molecule has 0 spiro atoms. The van der Waals surface area contributed by atoms with Crippen LogP contribution in [0, 0.1) is 0 Å².